The Labute approximate surface area is 72.0 Å². The van der Waals surface area contributed by atoms with Gasteiger partial charge in [-0.15, -0.1) is 0 Å². The van der Waals surface area contributed by atoms with E-state index in [1.54, 1.807) is 0 Å². The largest absolute Gasteiger partial charge is 0.0874 e. The van der Waals surface area contributed by atoms with Gasteiger partial charge in [-0.3, -0.25) is 0 Å². The zero-order valence-corrected chi connectivity index (χ0v) is 7.96. The first-order valence-electron chi connectivity index (χ1n) is 3.90. The van der Waals surface area contributed by atoms with Gasteiger partial charge in [0.05, 0.1) is 0 Å². The Bertz CT molecular complexity index is 294. The van der Waals surface area contributed by atoms with Gasteiger partial charge in [0.2, 0.25) is 0 Å². The zero-order valence-electron chi connectivity index (χ0n) is 7.14. The SMILES string of the molecule is CC(C)(C)c1cccc2c1S2. The fourth-order valence-corrected chi connectivity index (χ4v) is 2.26. The highest BCUT2D eigenvalue weighted by molar-refractivity contribution is 8.05. The summed E-state index contributed by atoms with van der Waals surface area (Å²) in [6.07, 6.45) is 0. The van der Waals surface area contributed by atoms with Crippen LogP contribution in [0.1, 0.15) is 26.3 Å². The summed E-state index contributed by atoms with van der Waals surface area (Å²) in [5, 5.41) is 0. The van der Waals surface area contributed by atoms with E-state index in [-0.39, 0.29) is 0 Å². The predicted octanol–water partition coefficient (Wildman–Crippen LogP) is 3.45. The number of fused-ring (bicyclic) bond motifs is 1. The minimum Gasteiger partial charge on any atom is -0.0874 e. The van der Waals surface area contributed by atoms with E-state index in [1.807, 2.05) is 11.8 Å². The standard InChI is InChI=1S/C10H12S/c1-10(2,3)7-5-4-6-8-9(7)11-8/h4-6H,1-3H3. The van der Waals surface area contributed by atoms with Crippen LogP contribution < -0.4 is 0 Å². The van der Waals surface area contributed by atoms with Gasteiger partial charge < -0.3 is 0 Å². The molecule has 0 amide bonds. The van der Waals surface area contributed by atoms with Crippen molar-refractivity contribution >= 4 is 11.8 Å². The minimum atomic E-state index is 0.314. The molecule has 0 nitrogen and oxygen atoms in total. The van der Waals surface area contributed by atoms with Gasteiger partial charge in [0.15, 0.2) is 0 Å². The first-order valence-corrected chi connectivity index (χ1v) is 4.72. The number of benzene rings is 1. The van der Waals surface area contributed by atoms with E-state index in [0.29, 0.717) is 5.41 Å². The molecule has 1 heterocycles. The van der Waals surface area contributed by atoms with Crippen LogP contribution in [0.4, 0.5) is 0 Å². The summed E-state index contributed by atoms with van der Waals surface area (Å²) >= 11 is 1.91. The van der Waals surface area contributed by atoms with Crippen LogP contribution in [0.3, 0.4) is 0 Å². The van der Waals surface area contributed by atoms with Crippen LogP contribution in [-0.2, 0) is 5.41 Å². The number of hydrogen-bond acceptors (Lipinski definition) is 1. The molecule has 1 aromatic carbocycles. The molecule has 1 aliphatic rings. The monoisotopic (exact) mass is 164 g/mol. The van der Waals surface area contributed by atoms with E-state index in [0.717, 1.165) is 0 Å². The average Bonchev–Trinajstić information content (AvgIpc) is 2.60. The lowest BCUT2D eigenvalue weighted by atomic mass is 9.87. The number of rotatable bonds is 0. The quantitative estimate of drug-likeness (QED) is 0.537. The normalized spacial score (nSPS) is 14.5. The zero-order chi connectivity index (χ0) is 8.06. The van der Waals surface area contributed by atoms with Crippen molar-refractivity contribution in [2.45, 2.75) is 36.0 Å². The van der Waals surface area contributed by atoms with Gasteiger partial charge in [-0.05, 0) is 17.0 Å². The highest BCUT2D eigenvalue weighted by atomic mass is 32.2. The second kappa shape index (κ2) is 2.04. The summed E-state index contributed by atoms with van der Waals surface area (Å²) in [7, 11) is 0. The van der Waals surface area contributed by atoms with Gasteiger partial charge in [0, 0.05) is 9.79 Å². The first kappa shape index (κ1) is 7.23. The molecule has 0 saturated heterocycles. The third-order valence-corrected chi connectivity index (χ3v) is 2.96. The van der Waals surface area contributed by atoms with Crippen molar-refractivity contribution in [3.05, 3.63) is 23.8 Å². The van der Waals surface area contributed by atoms with Gasteiger partial charge in [-0.2, -0.15) is 0 Å². The molecule has 0 bridgehead atoms. The van der Waals surface area contributed by atoms with Crippen LogP contribution >= 0.6 is 11.8 Å². The average molecular weight is 164 g/mol. The molecule has 0 spiro atoms. The Morgan fingerprint density at radius 3 is 2.45 bits per heavy atom. The Kier molecular flexibility index (Phi) is 1.34. The summed E-state index contributed by atoms with van der Waals surface area (Å²) in [6.45, 7) is 6.80. The summed E-state index contributed by atoms with van der Waals surface area (Å²) in [4.78, 5) is 2.98. The molecule has 1 heteroatoms. The van der Waals surface area contributed by atoms with E-state index >= 15 is 0 Å². The molecular weight excluding hydrogens is 152 g/mol. The van der Waals surface area contributed by atoms with Crippen molar-refractivity contribution in [3.63, 3.8) is 0 Å². The van der Waals surface area contributed by atoms with E-state index < -0.39 is 0 Å². The third-order valence-electron chi connectivity index (χ3n) is 1.96. The van der Waals surface area contributed by atoms with Gasteiger partial charge in [-0.25, -0.2) is 0 Å². The Balaban J connectivity index is 2.50. The van der Waals surface area contributed by atoms with Gasteiger partial charge in [0.25, 0.3) is 0 Å². The Hall–Kier alpha value is -0.430. The lowest BCUT2D eigenvalue weighted by Crippen LogP contribution is -2.10. The molecule has 0 aliphatic carbocycles. The lowest BCUT2D eigenvalue weighted by Gasteiger charge is -2.17. The maximum atomic E-state index is 2.27. The smallest absolute Gasteiger partial charge is 0.0299 e. The van der Waals surface area contributed by atoms with Crippen molar-refractivity contribution in [1.82, 2.24) is 0 Å². The van der Waals surface area contributed by atoms with E-state index in [9.17, 15) is 0 Å². The molecule has 1 aromatic rings. The second-order valence-corrected chi connectivity index (χ2v) is 5.04. The van der Waals surface area contributed by atoms with Crippen molar-refractivity contribution in [1.29, 1.82) is 0 Å². The molecule has 0 atom stereocenters. The van der Waals surface area contributed by atoms with Crippen LogP contribution in [-0.4, -0.2) is 0 Å². The third kappa shape index (κ3) is 1.18. The molecule has 0 aromatic heterocycles. The van der Waals surface area contributed by atoms with Crippen LogP contribution in [0.5, 0.6) is 0 Å². The van der Waals surface area contributed by atoms with Crippen LogP contribution in [0, 0.1) is 0 Å². The highest BCUT2D eigenvalue weighted by Gasteiger charge is 2.27. The Morgan fingerprint density at radius 2 is 1.91 bits per heavy atom. The topological polar surface area (TPSA) is 0 Å². The van der Waals surface area contributed by atoms with E-state index in [1.165, 1.54) is 15.4 Å². The molecule has 0 fully saturated rings. The number of hydrogen-bond donors (Lipinski definition) is 0. The van der Waals surface area contributed by atoms with E-state index in [2.05, 4.69) is 39.0 Å². The molecular formula is C10H12S. The predicted molar refractivity (Wildman–Crippen MR) is 49.3 cm³/mol. The lowest BCUT2D eigenvalue weighted by molar-refractivity contribution is 0.578. The summed E-state index contributed by atoms with van der Waals surface area (Å²) in [5.74, 6) is 0. The molecule has 1 aliphatic heterocycles. The molecule has 0 unspecified atom stereocenters. The molecule has 0 N–H and O–H groups in total. The van der Waals surface area contributed by atoms with Crippen LogP contribution in [0.25, 0.3) is 0 Å². The van der Waals surface area contributed by atoms with E-state index in [4.69, 9.17) is 0 Å². The van der Waals surface area contributed by atoms with Crippen molar-refractivity contribution in [3.8, 4) is 0 Å². The molecule has 2 rings (SSSR count). The van der Waals surface area contributed by atoms with Gasteiger partial charge in [0.1, 0.15) is 0 Å². The van der Waals surface area contributed by atoms with Crippen molar-refractivity contribution in [2.75, 3.05) is 0 Å². The summed E-state index contributed by atoms with van der Waals surface area (Å²) < 4.78 is 0. The van der Waals surface area contributed by atoms with Crippen molar-refractivity contribution in [2.24, 2.45) is 0 Å². The maximum Gasteiger partial charge on any atom is 0.0299 e. The van der Waals surface area contributed by atoms with Crippen LogP contribution in [0.15, 0.2) is 28.0 Å². The molecule has 11 heavy (non-hydrogen) atoms. The highest BCUT2D eigenvalue weighted by Crippen LogP contribution is 2.53. The van der Waals surface area contributed by atoms with Gasteiger partial charge >= 0.3 is 0 Å². The fraction of sp³-hybridized carbons (Fsp3) is 0.400. The molecule has 58 valence electrons. The summed E-state index contributed by atoms with van der Waals surface area (Å²) in [5.41, 5.74) is 1.81. The second-order valence-electron chi connectivity index (χ2n) is 3.98. The Morgan fingerprint density at radius 1 is 1.18 bits per heavy atom. The summed E-state index contributed by atoms with van der Waals surface area (Å²) in [6, 6.07) is 6.58. The molecule has 0 radical (unpaired) electrons. The minimum absolute atomic E-state index is 0.314. The molecule has 0 saturated carbocycles. The van der Waals surface area contributed by atoms with Crippen molar-refractivity contribution < 1.29 is 0 Å². The van der Waals surface area contributed by atoms with Crippen LogP contribution in [0.2, 0.25) is 0 Å². The fourth-order valence-electron chi connectivity index (χ4n) is 1.28. The maximum absolute atomic E-state index is 2.27. The first-order chi connectivity index (χ1) is 5.09. The van der Waals surface area contributed by atoms with Gasteiger partial charge in [-0.1, -0.05) is 44.7 Å².